The lowest BCUT2D eigenvalue weighted by atomic mass is 10.3. The van der Waals surface area contributed by atoms with Gasteiger partial charge in [-0.3, -0.25) is 0 Å². The molecule has 1 aromatic heterocycles. The van der Waals surface area contributed by atoms with Gasteiger partial charge in [0, 0.05) is 22.3 Å². The molecule has 0 aliphatic rings. The Hall–Kier alpha value is -1.62. The summed E-state index contributed by atoms with van der Waals surface area (Å²) in [5, 5.41) is 0. The van der Waals surface area contributed by atoms with Crippen LogP contribution >= 0.6 is 15.9 Å². The summed E-state index contributed by atoms with van der Waals surface area (Å²) < 4.78 is 19.3. The molecule has 3 nitrogen and oxygen atoms in total. The van der Waals surface area contributed by atoms with Crippen LogP contribution in [0.2, 0.25) is 0 Å². The Balaban J connectivity index is 2.31. The van der Waals surface area contributed by atoms with Gasteiger partial charge in [-0.25, -0.2) is 9.37 Å². The van der Waals surface area contributed by atoms with Gasteiger partial charge in [0.15, 0.2) is 5.75 Å². The summed E-state index contributed by atoms with van der Waals surface area (Å²) in [5.74, 6) is 0.450. The second-order valence-electron chi connectivity index (χ2n) is 3.56. The number of nitrogens with two attached hydrogens (primary N) is 1. The second-order valence-corrected chi connectivity index (χ2v) is 4.48. The summed E-state index contributed by atoms with van der Waals surface area (Å²) in [6.45, 7) is 1.87. The van der Waals surface area contributed by atoms with Crippen molar-refractivity contribution in [3.05, 3.63) is 46.3 Å². The van der Waals surface area contributed by atoms with Gasteiger partial charge in [0.1, 0.15) is 5.82 Å². The molecule has 0 aliphatic carbocycles. The van der Waals surface area contributed by atoms with E-state index < -0.39 is 5.82 Å². The second kappa shape index (κ2) is 4.71. The Morgan fingerprint density at radius 1 is 1.35 bits per heavy atom. The molecule has 88 valence electrons. The number of aryl methyl sites for hydroxylation is 1. The van der Waals surface area contributed by atoms with Crippen molar-refractivity contribution in [2.75, 3.05) is 5.73 Å². The number of hydrogen-bond acceptors (Lipinski definition) is 3. The smallest absolute Gasteiger partial charge is 0.222 e. The van der Waals surface area contributed by atoms with Crippen molar-refractivity contribution >= 4 is 21.6 Å². The number of ether oxygens (including phenoxy) is 1. The summed E-state index contributed by atoms with van der Waals surface area (Å²) in [5.41, 5.74) is 6.76. The van der Waals surface area contributed by atoms with Gasteiger partial charge in [-0.15, -0.1) is 0 Å². The summed E-state index contributed by atoms with van der Waals surface area (Å²) in [4.78, 5) is 4.12. The van der Waals surface area contributed by atoms with Crippen LogP contribution in [0.25, 0.3) is 0 Å². The molecule has 2 N–H and O–H groups in total. The monoisotopic (exact) mass is 296 g/mol. The first kappa shape index (κ1) is 11.9. The molecule has 2 aromatic rings. The van der Waals surface area contributed by atoms with Crippen molar-refractivity contribution in [1.29, 1.82) is 0 Å². The van der Waals surface area contributed by atoms with Gasteiger partial charge >= 0.3 is 0 Å². The standard InChI is InChI=1S/C12H10BrFN2O/c1-7-4-8(13)6-16-12(7)17-11-3-2-9(14)5-10(11)15/h2-6H,15H2,1H3. The molecule has 1 aromatic carbocycles. The fourth-order valence-corrected chi connectivity index (χ4v) is 1.80. The highest BCUT2D eigenvalue weighted by Gasteiger charge is 2.07. The Labute approximate surface area is 107 Å². The Bertz CT molecular complexity index is 511. The number of anilines is 1. The summed E-state index contributed by atoms with van der Waals surface area (Å²) >= 11 is 3.31. The van der Waals surface area contributed by atoms with Crippen molar-refractivity contribution in [3.8, 4) is 11.6 Å². The number of nitrogen functional groups attached to an aromatic ring is 1. The average molecular weight is 297 g/mol. The molecule has 17 heavy (non-hydrogen) atoms. The Morgan fingerprint density at radius 2 is 2.12 bits per heavy atom. The predicted octanol–water partition coefficient (Wildman–Crippen LogP) is 3.67. The molecule has 0 saturated heterocycles. The van der Waals surface area contributed by atoms with Crippen molar-refractivity contribution in [2.24, 2.45) is 0 Å². The van der Waals surface area contributed by atoms with Gasteiger partial charge in [-0.1, -0.05) is 0 Å². The van der Waals surface area contributed by atoms with E-state index in [1.54, 1.807) is 6.20 Å². The van der Waals surface area contributed by atoms with Crippen molar-refractivity contribution in [3.63, 3.8) is 0 Å². The zero-order valence-electron chi connectivity index (χ0n) is 9.08. The Morgan fingerprint density at radius 3 is 2.76 bits per heavy atom. The lowest BCUT2D eigenvalue weighted by Crippen LogP contribution is -1.96. The fraction of sp³-hybridized carbons (Fsp3) is 0.0833. The molecule has 0 saturated carbocycles. The van der Waals surface area contributed by atoms with Crippen LogP contribution in [0.3, 0.4) is 0 Å². The molecule has 0 radical (unpaired) electrons. The van der Waals surface area contributed by atoms with E-state index in [0.717, 1.165) is 10.0 Å². The van der Waals surface area contributed by atoms with Gasteiger partial charge in [0.05, 0.1) is 5.69 Å². The molecule has 0 bridgehead atoms. The van der Waals surface area contributed by atoms with Crippen LogP contribution in [0.5, 0.6) is 11.6 Å². The number of rotatable bonds is 2. The van der Waals surface area contributed by atoms with Crippen LogP contribution in [-0.2, 0) is 0 Å². The summed E-state index contributed by atoms with van der Waals surface area (Å²) in [7, 11) is 0. The van der Waals surface area contributed by atoms with Gasteiger partial charge in [-0.2, -0.15) is 0 Å². The molecule has 0 unspecified atom stereocenters. The van der Waals surface area contributed by atoms with E-state index in [1.807, 2.05) is 13.0 Å². The summed E-state index contributed by atoms with van der Waals surface area (Å²) in [6, 6.07) is 5.86. The largest absolute Gasteiger partial charge is 0.437 e. The number of halogens is 2. The van der Waals surface area contributed by atoms with E-state index >= 15 is 0 Å². The third-order valence-electron chi connectivity index (χ3n) is 2.18. The highest BCUT2D eigenvalue weighted by molar-refractivity contribution is 9.10. The molecule has 0 fully saturated rings. The van der Waals surface area contributed by atoms with E-state index in [9.17, 15) is 4.39 Å². The van der Waals surface area contributed by atoms with Crippen molar-refractivity contribution < 1.29 is 9.13 Å². The molecule has 0 aliphatic heterocycles. The number of nitrogens with zero attached hydrogens (tertiary/aromatic N) is 1. The Kier molecular flexibility index (Phi) is 3.28. The minimum Gasteiger partial charge on any atom is -0.437 e. The lowest BCUT2D eigenvalue weighted by molar-refractivity contribution is 0.459. The number of benzene rings is 1. The minimum absolute atomic E-state index is 0.245. The summed E-state index contributed by atoms with van der Waals surface area (Å²) in [6.07, 6.45) is 1.63. The van der Waals surface area contributed by atoms with Crippen LogP contribution in [0, 0.1) is 12.7 Å². The molecule has 0 spiro atoms. The number of pyridine rings is 1. The van der Waals surface area contributed by atoms with Crippen LogP contribution < -0.4 is 10.5 Å². The van der Waals surface area contributed by atoms with Gasteiger partial charge in [-0.05, 0) is 41.1 Å². The van der Waals surface area contributed by atoms with Gasteiger partial charge in [0.25, 0.3) is 0 Å². The van der Waals surface area contributed by atoms with E-state index in [0.29, 0.717) is 11.6 Å². The molecule has 0 amide bonds. The molecular weight excluding hydrogens is 287 g/mol. The van der Waals surface area contributed by atoms with E-state index in [4.69, 9.17) is 10.5 Å². The van der Waals surface area contributed by atoms with Crippen molar-refractivity contribution in [1.82, 2.24) is 4.98 Å². The maximum atomic E-state index is 12.9. The van der Waals surface area contributed by atoms with Gasteiger partial charge < -0.3 is 10.5 Å². The molecule has 1 heterocycles. The number of hydrogen-bond donors (Lipinski definition) is 1. The van der Waals surface area contributed by atoms with E-state index in [2.05, 4.69) is 20.9 Å². The first-order chi connectivity index (χ1) is 8.06. The highest BCUT2D eigenvalue weighted by Crippen LogP contribution is 2.29. The lowest BCUT2D eigenvalue weighted by Gasteiger charge is -2.09. The third kappa shape index (κ3) is 2.74. The number of aromatic nitrogens is 1. The van der Waals surface area contributed by atoms with Crippen LogP contribution in [-0.4, -0.2) is 4.98 Å². The first-order valence-corrected chi connectivity index (χ1v) is 5.70. The van der Waals surface area contributed by atoms with Crippen LogP contribution in [0.1, 0.15) is 5.56 Å². The minimum atomic E-state index is -0.393. The SMILES string of the molecule is Cc1cc(Br)cnc1Oc1ccc(F)cc1N. The highest BCUT2D eigenvalue weighted by atomic mass is 79.9. The maximum absolute atomic E-state index is 12.9. The average Bonchev–Trinajstić information content (AvgIpc) is 2.25. The normalized spacial score (nSPS) is 10.3. The topological polar surface area (TPSA) is 48.1 Å². The first-order valence-electron chi connectivity index (χ1n) is 4.91. The zero-order valence-corrected chi connectivity index (χ0v) is 10.7. The van der Waals surface area contributed by atoms with Gasteiger partial charge in [0.2, 0.25) is 5.88 Å². The van der Waals surface area contributed by atoms with Crippen LogP contribution in [0.4, 0.5) is 10.1 Å². The quantitative estimate of drug-likeness (QED) is 0.860. The van der Waals surface area contributed by atoms with E-state index in [1.165, 1.54) is 18.2 Å². The predicted molar refractivity (Wildman–Crippen MR) is 67.6 cm³/mol. The molecular formula is C12H10BrFN2O. The van der Waals surface area contributed by atoms with Crippen molar-refractivity contribution in [2.45, 2.75) is 6.92 Å². The van der Waals surface area contributed by atoms with E-state index in [-0.39, 0.29) is 5.69 Å². The van der Waals surface area contributed by atoms with Crippen LogP contribution in [0.15, 0.2) is 34.9 Å². The maximum Gasteiger partial charge on any atom is 0.222 e. The third-order valence-corrected chi connectivity index (χ3v) is 2.61. The molecule has 5 heteroatoms. The molecule has 2 rings (SSSR count). The molecule has 0 atom stereocenters. The fourth-order valence-electron chi connectivity index (χ4n) is 1.35. The zero-order chi connectivity index (χ0) is 12.4.